The van der Waals surface area contributed by atoms with Gasteiger partial charge in [0.25, 0.3) is 0 Å². The average Bonchev–Trinajstić information content (AvgIpc) is 2.25. The number of carbonyl (C=O) groups excluding carboxylic acids is 1. The number of amides is 1. The van der Waals surface area contributed by atoms with Gasteiger partial charge >= 0.3 is 0 Å². The number of nitrogens with zero attached hydrogens (tertiary/aromatic N) is 1. The summed E-state index contributed by atoms with van der Waals surface area (Å²) in [5.74, 6) is 0.819. The molecule has 1 atom stereocenters. The lowest BCUT2D eigenvalue weighted by molar-refractivity contribution is -0.139. The summed E-state index contributed by atoms with van der Waals surface area (Å²) < 4.78 is 0. The SMILES string of the molecule is CCN(CC(C)C)C(=O)C1(C)CCCCN1.Cl. The van der Waals surface area contributed by atoms with Crippen molar-refractivity contribution in [3.8, 4) is 0 Å². The monoisotopic (exact) mass is 262 g/mol. The lowest BCUT2D eigenvalue weighted by atomic mass is 9.89. The molecule has 17 heavy (non-hydrogen) atoms. The zero-order valence-corrected chi connectivity index (χ0v) is 12.4. The Bertz CT molecular complexity index is 238. The highest BCUT2D eigenvalue weighted by molar-refractivity contribution is 5.86. The zero-order valence-electron chi connectivity index (χ0n) is 11.6. The van der Waals surface area contributed by atoms with Gasteiger partial charge in [-0.15, -0.1) is 12.4 Å². The van der Waals surface area contributed by atoms with Crippen LogP contribution in [0.5, 0.6) is 0 Å². The van der Waals surface area contributed by atoms with Gasteiger partial charge in [0.15, 0.2) is 0 Å². The maximum Gasteiger partial charge on any atom is 0.242 e. The van der Waals surface area contributed by atoms with Crippen molar-refractivity contribution < 1.29 is 4.79 Å². The lowest BCUT2D eigenvalue weighted by Gasteiger charge is -2.38. The highest BCUT2D eigenvalue weighted by Gasteiger charge is 2.36. The van der Waals surface area contributed by atoms with E-state index in [0.29, 0.717) is 5.92 Å². The van der Waals surface area contributed by atoms with E-state index < -0.39 is 0 Å². The van der Waals surface area contributed by atoms with E-state index in [0.717, 1.165) is 32.5 Å². The molecule has 3 nitrogen and oxygen atoms in total. The first-order valence-corrected chi connectivity index (χ1v) is 6.54. The second-order valence-corrected chi connectivity index (χ2v) is 5.45. The van der Waals surface area contributed by atoms with E-state index in [9.17, 15) is 4.79 Å². The van der Waals surface area contributed by atoms with Crippen LogP contribution in [-0.4, -0.2) is 36.0 Å². The van der Waals surface area contributed by atoms with Gasteiger partial charge in [0.1, 0.15) is 0 Å². The van der Waals surface area contributed by atoms with Crippen molar-refractivity contribution in [1.82, 2.24) is 10.2 Å². The third kappa shape index (κ3) is 4.47. The Morgan fingerprint density at radius 1 is 1.41 bits per heavy atom. The van der Waals surface area contributed by atoms with E-state index in [1.54, 1.807) is 0 Å². The molecule has 1 unspecified atom stereocenters. The third-order valence-electron chi connectivity index (χ3n) is 3.35. The van der Waals surface area contributed by atoms with Crippen LogP contribution in [0.4, 0.5) is 0 Å². The predicted octanol–water partition coefficient (Wildman–Crippen LogP) is 2.44. The number of nitrogens with one attached hydrogen (secondary N) is 1. The molecule has 0 aromatic carbocycles. The molecule has 1 aliphatic heterocycles. The van der Waals surface area contributed by atoms with Crippen molar-refractivity contribution >= 4 is 18.3 Å². The first kappa shape index (κ1) is 16.7. The Labute approximate surface area is 112 Å². The summed E-state index contributed by atoms with van der Waals surface area (Å²) in [7, 11) is 0. The molecule has 0 spiro atoms. The summed E-state index contributed by atoms with van der Waals surface area (Å²) in [4.78, 5) is 14.4. The van der Waals surface area contributed by atoms with Crippen LogP contribution < -0.4 is 5.32 Å². The van der Waals surface area contributed by atoms with E-state index >= 15 is 0 Å². The van der Waals surface area contributed by atoms with Crippen LogP contribution in [0.15, 0.2) is 0 Å². The smallest absolute Gasteiger partial charge is 0.242 e. The van der Waals surface area contributed by atoms with E-state index in [1.807, 2.05) is 4.90 Å². The zero-order chi connectivity index (χ0) is 12.2. The van der Waals surface area contributed by atoms with E-state index in [1.165, 1.54) is 6.42 Å². The van der Waals surface area contributed by atoms with Crippen LogP contribution in [0, 0.1) is 5.92 Å². The Kier molecular flexibility index (Phi) is 7.10. The highest BCUT2D eigenvalue weighted by atomic mass is 35.5. The van der Waals surface area contributed by atoms with Gasteiger partial charge in [-0.05, 0) is 45.6 Å². The summed E-state index contributed by atoms with van der Waals surface area (Å²) in [6, 6.07) is 0. The topological polar surface area (TPSA) is 32.3 Å². The van der Waals surface area contributed by atoms with Crippen LogP contribution in [0.3, 0.4) is 0 Å². The summed E-state index contributed by atoms with van der Waals surface area (Å²) in [6.45, 7) is 11.1. The summed E-state index contributed by atoms with van der Waals surface area (Å²) in [5.41, 5.74) is -0.316. The minimum Gasteiger partial charge on any atom is -0.341 e. The highest BCUT2D eigenvalue weighted by Crippen LogP contribution is 2.21. The van der Waals surface area contributed by atoms with Gasteiger partial charge in [-0.3, -0.25) is 4.79 Å². The molecule has 1 N–H and O–H groups in total. The second kappa shape index (κ2) is 7.22. The first-order valence-electron chi connectivity index (χ1n) is 6.54. The van der Waals surface area contributed by atoms with Crippen LogP contribution in [0.1, 0.15) is 47.0 Å². The van der Waals surface area contributed by atoms with Gasteiger partial charge in [0, 0.05) is 13.1 Å². The second-order valence-electron chi connectivity index (χ2n) is 5.45. The third-order valence-corrected chi connectivity index (χ3v) is 3.35. The maximum absolute atomic E-state index is 12.4. The quantitative estimate of drug-likeness (QED) is 0.844. The van der Waals surface area contributed by atoms with Crippen LogP contribution in [-0.2, 0) is 4.79 Å². The minimum atomic E-state index is -0.316. The van der Waals surface area contributed by atoms with Crippen molar-refractivity contribution in [2.24, 2.45) is 5.92 Å². The van der Waals surface area contributed by atoms with Gasteiger partial charge in [0.05, 0.1) is 5.54 Å². The molecule has 4 heteroatoms. The molecule has 0 radical (unpaired) electrons. The van der Waals surface area contributed by atoms with Crippen molar-refractivity contribution in [2.45, 2.75) is 52.5 Å². The van der Waals surface area contributed by atoms with E-state index in [2.05, 4.69) is 33.0 Å². The molecule has 1 fully saturated rings. The number of likely N-dealkylation sites (N-methyl/N-ethyl adjacent to an activating group) is 1. The number of hydrogen-bond donors (Lipinski definition) is 1. The fourth-order valence-corrected chi connectivity index (χ4v) is 2.38. The molecule has 0 aromatic rings. The number of rotatable bonds is 4. The van der Waals surface area contributed by atoms with E-state index in [-0.39, 0.29) is 23.9 Å². The summed E-state index contributed by atoms with van der Waals surface area (Å²) >= 11 is 0. The average molecular weight is 263 g/mol. The van der Waals surface area contributed by atoms with Gasteiger partial charge in [-0.1, -0.05) is 13.8 Å². The van der Waals surface area contributed by atoms with E-state index in [4.69, 9.17) is 0 Å². The normalized spacial score (nSPS) is 24.3. The molecule has 0 aliphatic carbocycles. The number of piperidine rings is 1. The Morgan fingerprint density at radius 3 is 2.47 bits per heavy atom. The van der Waals surface area contributed by atoms with Crippen LogP contribution in [0.25, 0.3) is 0 Å². The molecule has 0 saturated carbocycles. The Hall–Kier alpha value is -0.280. The van der Waals surface area contributed by atoms with Crippen molar-refractivity contribution in [1.29, 1.82) is 0 Å². The van der Waals surface area contributed by atoms with Gasteiger partial charge < -0.3 is 10.2 Å². The van der Waals surface area contributed by atoms with Gasteiger partial charge in [-0.2, -0.15) is 0 Å². The molecule has 1 aliphatic rings. The molecule has 1 saturated heterocycles. The molecule has 102 valence electrons. The van der Waals surface area contributed by atoms with Crippen LogP contribution >= 0.6 is 12.4 Å². The fraction of sp³-hybridized carbons (Fsp3) is 0.923. The number of halogens is 1. The summed E-state index contributed by atoms with van der Waals surface area (Å²) in [5, 5.41) is 3.39. The minimum absolute atomic E-state index is 0. The largest absolute Gasteiger partial charge is 0.341 e. The molecular weight excluding hydrogens is 236 g/mol. The Balaban J connectivity index is 0.00000256. The van der Waals surface area contributed by atoms with Gasteiger partial charge in [-0.25, -0.2) is 0 Å². The standard InChI is InChI=1S/C13H26N2O.ClH/c1-5-15(10-11(2)3)12(16)13(4)8-6-7-9-14-13;/h11,14H,5-10H2,1-4H3;1H. The van der Waals surface area contributed by atoms with Crippen molar-refractivity contribution in [3.63, 3.8) is 0 Å². The van der Waals surface area contributed by atoms with Crippen molar-refractivity contribution in [3.05, 3.63) is 0 Å². The maximum atomic E-state index is 12.4. The number of hydrogen-bond acceptors (Lipinski definition) is 2. The van der Waals surface area contributed by atoms with Crippen molar-refractivity contribution in [2.75, 3.05) is 19.6 Å². The first-order chi connectivity index (χ1) is 7.49. The molecule has 0 aromatic heterocycles. The Morgan fingerprint density at radius 2 is 2.06 bits per heavy atom. The lowest BCUT2D eigenvalue weighted by Crippen LogP contribution is -2.58. The van der Waals surface area contributed by atoms with Gasteiger partial charge in [0.2, 0.25) is 5.91 Å². The molecule has 1 heterocycles. The fourth-order valence-electron chi connectivity index (χ4n) is 2.38. The summed E-state index contributed by atoms with van der Waals surface area (Å²) in [6.07, 6.45) is 3.33. The molecular formula is C13H27ClN2O. The number of carbonyl (C=O) groups is 1. The van der Waals surface area contributed by atoms with Crippen LogP contribution in [0.2, 0.25) is 0 Å². The molecule has 1 amide bonds. The molecule has 0 bridgehead atoms. The predicted molar refractivity (Wildman–Crippen MR) is 74.6 cm³/mol. The molecule has 1 rings (SSSR count).